The third-order valence-corrected chi connectivity index (χ3v) is 5.97. The Hall–Kier alpha value is -2.78. The molecule has 0 atom stereocenters. The third-order valence-electron chi connectivity index (χ3n) is 5.47. The maximum absolute atomic E-state index is 11.7. The van der Waals surface area contributed by atoms with Gasteiger partial charge in [-0.3, -0.25) is 10.1 Å². The molecule has 1 saturated heterocycles. The summed E-state index contributed by atoms with van der Waals surface area (Å²) >= 11 is 3.44. The quantitative estimate of drug-likeness (QED) is 0.256. The molecule has 4 rings (SSSR count). The molecule has 1 fully saturated rings. The molecule has 31 heavy (non-hydrogen) atoms. The molecule has 2 aromatic carbocycles. The summed E-state index contributed by atoms with van der Waals surface area (Å²) in [5.41, 5.74) is 1.32. The smallest absolute Gasteiger partial charge is 0.311 e. The summed E-state index contributed by atoms with van der Waals surface area (Å²) in [6, 6.07) is 10.7. The van der Waals surface area contributed by atoms with E-state index in [9.17, 15) is 10.1 Å². The zero-order valence-electron chi connectivity index (χ0n) is 17.0. The topological polar surface area (TPSA) is 102 Å². The second-order valence-electron chi connectivity index (χ2n) is 7.64. The molecule has 3 aromatic rings. The summed E-state index contributed by atoms with van der Waals surface area (Å²) in [4.78, 5) is 19.9. The van der Waals surface area contributed by atoms with E-state index in [0.29, 0.717) is 29.2 Å². The van der Waals surface area contributed by atoms with E-state index in [4.69, 9.17) is 4.74 Å². The SMILES string of the molecule is O=[N+]([O-])c1cc2c(Nc3cccc(Br)c3)ncnc2cc1OCCCC1CCNCC1. The lowest BCUT2D eigenvalue weighted by molar-refractivity contribution is -0.385. The van der Waals surface area contributed by atoms with Crippen LogP contribution in [0.3, 0.4) is 0 Å². The maximum atomic E-state index is 11.7. The molecule has 0 bridgehead atoms. The number of benzene rings is 2. The Morgan fingerprint density at radius 1 is 1.23 bits per heavy atom. The molecule has 9 heteroatoms. The van der Waals surface area contributed by atoms with E-state index in [1.165, 1.54) is 25.2 Å². The van der Waals surface area contributed by atoms with Gasteiger partial charge < -0.3 is 15.4 Å². The number of ether oxygens (including phenoxy) is 1. The van der Waals surface area contributed by atoms with Gasteiger partial charge in [0.15, 0.2) is 5.75 Å². The van der Waals surface area contributed by atoms with Crippen LogP contribution in [0, 0.1) is 16.0 Å². The number of halogens is 1. The van der Waals surface area contributed by atoms with E-state index < -0.39 is 4.92 Å². The van der Waals surface area contributed by atoms with Crippen molar-refractivity contribution in [3.8, 4) is 5.75 Å². The summed E-state index contributed by atoms with van der Waals surface area (Å²) in [6.07, 6.45) is 5.75. The van der Waals surface area contributed by atoms with Gasteiger partial charge in [-0.05, 0) is 62.9 Å². The van der Waals surface area contributed by atoms with Crippen molar-refractivity contribution in [3.05, 3.63) is 57.3 Å². The minimum Gasteiger partial charge on any atom is -0.487 e. The lowest BCUT2D eigenvalue weighted by Crippen LogP contribution is -2.27. The fraction of sp³-hybridized carbons (Fsp3) is 0.364. The first-order chi connectivity index (χ1) is 15.1. The molecular formula is C22H24BrN5O3. The molecule has 2 heterocycles. The van der Waals surface area contributed by atoms with Gasteiger partial charge in [-0.1, -0.05) is 22.0 Å². The molecule has 2 N–H and O–H groups in total. The molecule has 0 amide bonds. The van der Waals surface area contributed by atoms with Crippen LogP contribution in [0.15, 0.2) is 47.2 Å². The fourth-order valence-corrected chi connectivity index (χ4v) is 4.26. The van der Waals surface area contributed by atoms with Crippen LogP contribution in [0.5, 0.6) is 5.75 Å². The number of aromatic nitrogens is 2. The number of rotatable bonds is 8. The van der Waals surface area contributed by atoms with Crippen LogP contribution in [0.1, 0.15) is 25.7 Å². The van der Waals surface area contributed by atoms with Gasteiger partial charge >= 0.3 is 5.69 Å². The Morgan fingerprint density at radius 3 is 2.84 bits per heavy atom. The van der Waals surface area contributed by atoms with Crippen LogP contribution in [0.25, 0.3) is 10.9 Å². The van der Waals surface area contributed by atoms with E-state index in [0.717, 1.165) is 36.1 Å². The molecule has 1 aliphatic rings. The highest BCUT2D eigenvalue weighted by Crippen LogP contribution is 2.35. The van der Waals surface area contributed by atoms with Crippen molar-refractivity contribution in [1.29, 1.82) is 0 Å². The van der Waals surface area contributed by atoms with Gasteiger partial charge in [-0.15, -0.1) is 0 Å². The summed E-state index contributed by atoms with van der Waals surface area (Å²) in [7, 11) is 0. The number of fused-ring (bicyclic) bond motifs is 1. The van der Waals surface area contributed by atoms with Crippen LogP contribution in [0.2, 0.25) is 0 Å². The molecule has 0 unspecified atom stereocenters. The van der Waals surface area contributed by atoms with Crippen molar-refractivity contribution in [1.82, 2.24) is 15.3 Å². The second kappa shape index (κ2) is 10.0. The van der Waals surface area contributed by atoms with Gasteiger partial charge in [0.05, 0.1) is 22.4 Å². The van der Waals surface area contributed by atoms with Gasteiger partial charge in [0, 0.05) is 22.3 Å². The van der Waals surface area contributed by atoms with Crippen molar-refractivity contribution < 1.29 is 9.66 Å². The summed E-state index contributed by atoms with van der Waals surface area (Å²) in [6.45, 7) is 2.58. The van der Waals surface area contributed by atoms with Gasteiger partial charge in [0.2, 0.25) is 0 Å². The van der Waals surface area contributed by atoms with E-state index >= 15 is 0 Å². The lowest BCUT2D eigenvalue weighted by Gasteiger charge is -2.22. The van der Waals surface area contributed by atoms with E-state index in [1.54, 1.807) is 6.07 Å². The van der Waals surface area contributed by atoms with Crippen LogP contribution in [-0.4, -0.2) is 34.6 Å². The van der Waals surface area contributed by atoms with Crippen molar-refractivity contribution in [3.63, 3.8) is 0 Å². The van der Waals surface area contributed by atoms with Gasteiger partial charge in [0.25, 0.3) is 0 Å². The number of nitro benzene ring substituents is 1. The number of hydrogen-bond acceptors (Lipinski definition) is 7. The van der Waals surface area contributed by atoms with Gasteiger partial charge in [0.1, 0.15) is 12.1 Å². The van der Waals surface area contributed by atoms with Crippen molar-refractivity contribution in [2.45, 2.75) is 25.7 Å². The van der Waals surface area contributed by atoms with Crippen molar-refractivity contribution in [2.75, 3.05) is 25.0 Å². The van der Waals surface area contributed by atoms with Crippen molar-refractivity contribution >= 4 is 44.0 Å². The molecule has 162 valence electrons. The molecule has 1 aliphatic heterocycles. The number of hydrogen-bond donors (Lipinski definition) is 2. The average molecular weight is 486 g/mol. The first kappa shape index (κ1) is 21.5. The minimum absolute atomic E-state index is 0.0820. The Morgan fingerprint density at radius 2 is 2.06 bits per heavy atom. The van der Waals surface area contributed by atoms with Gasteiger partial charge in [-0.2, -0.15) is 0 Å². The third kappa shape index (κ3) is 5.48. The second-order valence-corrected chi connectivity index (χ2v) is 8.55. The first-order valence-corrected chi connectivity index (χ1v) is 11.2. The Bertz CT molecular complexity index is 1070. The summed E-state index contributed by atoms with van der Waals surface area (Å²) < 4.78 is 6.75. The summed E-state index contributed by atoms with van der Waals surface area (Å²) in [5, 5.41) is 18.9. The highest BCUT2D eigenvalue weighted by molar-refractivity contribution is 9.10. The molecular weight excluding hydrogens is 462 g/mol. The van der Waals surface area contributed by atoms with Crippen LogP contribution < -0.4 is 15.4 Å². The summed E-state index contributed by atoms with van der Waals surface area (Å²) in [5.74, 6) is 1.45. The normalized spacial score (nSPS) is 14.5. The highest BCUT2D eigenvalue weighted by Gasteiger charge is 2.20. The Balaban J connectivity index is 1.52. The molecule has 0 radical (unpaired) electrons. The number of nitrogens with zero attached hydrogens (tertiary/aromatic N) is 3. The predicted molar refractivity (Wildman–Crippen MR) is 124 cm³/mol. The Kier molecular flexibility index (Phi) is 6.93. The number of nitro groups is 1. The van der Waals surface area contributed by atoms with Crippen LogP contribution in [-0.2, 0) is 0 Å². The molecule has 8 nitrogen and oxygen atoms in total. The highest BCUT2D eigenvalue weighted by atomic mass is 79.9. The van der Waals surface area contributed by atoms with Crippen LogP contribution in [0.4, 0.5) is 17.2 Å². The maximum Gasteiger partial charge on any atom is 0.311 e. The lowest BCUT2D eigenvalue weighted by atomic mass is 9.93. The zero-order valence-corrected chi connectivity index (χ0v) is 18.6. The molecule has 0 spiro atoms. The molecule has 0 saturated carbocycles. The number of nitrogens with one attached hydrogen (secondary N) is 2. The fourth-order valence-electron chi connectivity index (χ4n) is 3.86. The number of piperidine rings is 1. The van der Waals surface area contributed by atoms with Gasteiger partial charge in [-0.25, -0.2) is 9.97 Å². The van der Waals surface area contributed by atoms with Crippen LogP contribution >= 0.6 is 15.9 Å². The van der Waals surface area contributed by atoms with E-state index in [1.807, 2.05) is 24.3 Å². The monoisotopic (exact) mass is 485 g/mol. The minimum atomic E-state index is -0.419. The molecule has 0 aliphatic carbocycles. The van der Waals surface area contributed by atoms with E-state index in [2.05, 4.69) is 36.5 Å². The zero-order chi connectivity index (χ0) is 21.6. The molecule has 1 aromatic heterocycles. The first-order valence-electron chi connectivity index (χ1n) is 10.4. The average Bonchev–Trinajstić information content (AvgIpc) is 2.77. The Labute approximate surface area is 188 Å². The van der Waals surface area contributed by atoms with E-state index in [-0.39, 0.29) is 11.4 Å². The number of anilines is 2. The largest absolute Gasteiger partial charge is 0.487 e. The predicted octanol–water partition coefficient (Wildman–Crippen LogP) is 5.20. The van der Waals surface area contributed by atoms with Crippen molar-refractivity contribution in [2.24, 2.45) is 5.92 Å². The standard InChI is InChI=1S/C22H24BrN5O3/c23-16-4-1-5-17(11-16)27-22-18-12-20(28(29)30)21(13-19(18)25-14-26-22)31-10-2-3-15-6-8-24-9-7-15/h1,4-5,11-15,24H,2-3,6-10H2,(H,25,26,27).